The van der Waals surface area contributed by atoms with Crippen molar-refractivity contribution >= 4 is 6.03 Å². The summed E-state index contributed by atoms with van der Waals surface area (Å²) in [5, 5.41) is 1.48. The number of carbonyl (C=O) groups is 1. The van der Waals surface area contributed by atoms with Crippen LogP contribution < -0.4 is 0 Å². The summed E-state index contributed by atoms with van der Waals surface area (Å²) in [5.74, 6) is 0. The molecular formula is C17H22N2O3. The van der Waals surface area contributed by atoms with Gasteiger partial charge in [0.1, 0.15) is 0 Å². The van der Waals surface area contributed by atoms with E-state index in [2.05, 4.69) is 0 Å². The van der Waals surface area contributed by atoms with Crippen LogP contribution in [0.3, 0.4) is 0 Å². The molecule has 0 bridgehead atoms. The summed E-state index contributed by atoms with van der Waals surface area (Å²) in [7, 11) is 0. The molecule has 2 saturated heterocycles. The Morgan fingerprint density at radius 3 is 2.68 bits per heavy atom. The van der Waals surface area contributed by atoms with Crippen LogP contribution in [-0.4, -0.2) is 41.3 Å². The molecule has 118 valence electrons. The van der Waals surface area contributed by atoms with Crippen molar-refractivity contribution in [3.05, 3.63) is 35.9 Å². The van der Waals surface area contributed by atoms with Crippen molar-refractivity contribution < 1.29 is 14.4 Å². The molecule has 1 aliphatic carbocycles. The predicted molar refractivity (Wildman–Crippen MR) is 80.8 cm³/mol. The van der Waals surface area contributed by atoms with Crippen molar-refractivity contribution in [1.82, 2.24) is 9.96 Å². The van der Waals surface area contributed by atoms with E-state index in [0.29, 0.717) is 19.7 Å². The minimum absolute atomic E-state index is 0.0258. The number of urea groups is 1. The molecule has 2 aliphatic heterocycles. The lowest BCUT2D eigenvalue weighted by atomic mass is 9.83. The summed E-state index contributed by atoms with van der Waals surface area (Å²) in [6.45, 7) is 1.99. The molecule has 1 aromatic carbocycles. The molecule has 0 aromatic heterocycles. The summed E-state index contributed by atoms with van der Waals surface area (Å²) in [6.07, 6.45) is 5.60. The highest BCUT2D eigenvalue weighted by Crippen LogP contribution is 2.40. The molecule has 1 unspecified atom stereocenters. The molecule has 0 radical (unpaired) electrons. The number of hydrogen-bond acceptors (Lipinski definition) is 3. The van der Waals surface area contributed by atoms with Gasteiger partial charge >= 0.3 is 6.03 Å². The van der Waals surface area contributed by atoms with Gasteiger partial charge in [0, 0.05) is 12.1 Å². The van der Waals surface area contributed by atoms with Crippen LogP contribution in [0.5, 0.6) is 0 Å². The van der Waals surface area contributed by atoms with Gasteiger partial charge in [0.2, 0.25) is 6.23 Å². The van der Waals surface area contributed by atoms with Gasteiger partial charge in [-0.25, -0.2) is 9.63 Å². The molecule has 0 N–H and O–H groups in total. The monoisotopic (exact) mass is 302 g/mol. The van der Waals surface area contributed by atoms with Crippen LogP contribution in [0.4, 0.5) is 4.79 Å². The average molecular weight is 302 g/mol. The van der Waals surface area contributed by atoms with Crippen LogP contribution in [0.15, 0.2) is 30.3 Å². The zero-order valence-corrected chi connectivity index (χ0v) is 12.7. The van der Waals surface area contributed by atoms with E-state index in [-0.39, 0.29) is 17.9 Å². The molecule has 1 aromatic rings. The maximum absolute atomic E-state index is 12.6. The summed E-state index contributed by atoms with van der Waals surface area (Å²) in [6, 6.07) is 9.84. The van der Waals surface area contributed by atoms with Gasteiger partial charge in [-0.2, -0.15) is 5.06 Å². The number of amides is 2. The van der Waals surface area contributed by atoms with E-state index >= 15 is 0 Å². The van der Waals surface area contributed by atoms with Gasteiger partial charge in [-0.3, -0.25) is 0 Å². The normalized spacial score (nSPS) is 27.0. The third-order valence-electron chi connectivity index (χ3n) is 4.94. The third-order valence-corrected chi connectivity index (χ3v) is 4.94. The topological polar surface area (TPSA) is 45.1 Å². The zero-order valence-electron chi connectivity index (χ0n) is 12.7. The smallest absolute Gasteiger partial charge is 0.347 e. The van der Waals surface area contributed by atoms with Crippen molar-refractivity contribution in [1.29, 1.82) is 0 Å². The Morgan fingerprint density at radius 1 is 1.14 bits per heavy atom. The van der Waals surface area contributed by atoms with Gasteiger partial charge in [0.25, 0.3) is 0 Å². The maximum Gasteiger partial charge on any atom is 0.347 e. The number of nitrogens with zero attached hydrogens (tertiary/aromatic N) is 2. The first kappa shape index (κ1) is 14.0. The van der Waals surface area contributed by atoms with E-state index < -0.39 is 0 Å². The minimum Gasteiger partial charge on any atom is -0.371 e. The fourth-order valence-electron chi connectivity index (χ4n) is 3.69. The first-order chi connectivity index (χ1) is 10.8. The molecule has 2 heterocycles. The number of benzene rings is 1. The SMILES string of the molecule is O=C(N1CCOC2(CCCCC2)C1)N1OC1c1ccccc1. The second kappa shape index (κ2) is 5.56. The van der Waals surface area contributed by atoms with Crippen LogP contribution in [0.1, 0.15) is 43.9 Å². The lowest BCUT2D eigenvalue weighted by Gasteiger charge is -2.44. The van der Waals surface area contributed by atoms with Crippen LogP contribution >= 0.6 is 0 Å². The van der Waals surface area contributed by atoms with Gasteiger partial charge in [-0.15, -0.1) is 0 Å². The Kier molecular flexibility index (Phi) is 3.54. The van der Waals surface area contributed by atoms with Gasteiger partial charge in [0.15, 0.2) is 0 Å². The van der Waals surface area contributed by atoms with Crippen molar-refractivity contribution in [3.8, 4) is 0 Å². The number of rotatable bonds is 1. The fraction of sp³-hybridized carbons (Fsp3) is 0.588. The summed E-state index contributed by atoms with van der Waals surface area (Å²) in [5.41, 5.74) is 0.918. The Labute approximate surface area is 130 Å². The van der Waals surface area contributed by atoms with Gasteiger partial charge in [-0.05, 0) is 12.8 Å². The lowest BCUT2D eigenvalue weighted by molar-refractivity contribution is -0.118. The van der Waals surface area contributed by atoms with E-state index in [0.717, 1.165) is 18.4 Å². The lowest BCUT2D eigenvalue weighted by Crippen LogP contribution is -2.55. The van der Waals surface area contributed by atoms with Crippen molar-refractivity contribution in [2.75, 3.05) is 19.7 Å². The molecule has 3 aliphatic rings. The molecule has 22 heavy (non-hydrogen) atoms. The Balaban J connectivity index is 1.41. The molecular weight excluding hydrogens is 280 g/mol. The fourth-order valence-corrected chi connectivity index (χ4v) is 3.69. The highest BCUT2D eigenvalue weighted by atomic mass is 16.8. The number of hydrogen-bond donors (Lipinski definition) is 0. The van der Waals surface area contributed by atoms with E-state index in [1.807, 2.05) is 35.2 Å². The number of carbonyl (C=O) groups excluding carboxylic acids is 1. The quantitative estimate of drug-likeness (QED) is 0.749. The van der Waals surface area contributed by atoms with Gasteiger partial charge in [0.05, 0.1) is 18.8 Å². The standard InChI is InChI=1S/C17H22N2O3/c20-16(19-15(22-19)14-7-3-1-4-8-14)18-11-12-21-17(13-18)9-5-2-6-10-17/h1,3-4,7-8,15H,2,5-6,9-13H2. The molecule has 4 rings (SSSR count). The first-order valence-electron chi connectivity index (χ1n) is 8.21. The predicted octanol–water partition coefficient (Wildman–Crippen LogP) is 3.09. The second-order valence-corrected chi connectivity index (χ2v) is 6.49. The highest BCUT2D eigenvalue weighted by molar-refractivity contribution is 5.75. The number of morpholine rings is 1. The van der Waals surface area contributed by atoms with E-state index in [1.54, 1.807) is 0 Å². The summed E-state index contributed by atoms with van der Waals surface area (Å²) in [4.78, 5) is 20.0. The number of ether oxygens (including phenoxy) is 1. The molecule has 3 fully saturated rings. The molecule has 5 nitrogen and oxygen atoms in total. The Bertz CT molecular complexity index is 537. The van der Waals surface area contributed by atoms with Gasteiger partial charge < -0.3 is 9.64 Å². The zero-order chi connectivity index (χ0) is 15.0. The number of hydroxylamine groups is 2. The largest absolute Gasteiger partial charge is 0.371 e. The molecule has 5 heteroatoms. The van der Waals surface area contributed by atoms with Crippen molar-refractivity contribution in [3.63, 3.8) is 0 Å². The van der Waals surface area contributed by atoms with Crippen LogP contribution in [0.25, 0.3) is 0 Å². The van der Waals surface area contributed by atoms with Gasteiger partial charge in [-0.1, -0.05) is 49.6 Å². The average Bonchev–Trinajstić information content (AvgIpc) is 3.36. The first-order valence-corrected chi connectivity index (χ1v) is 8.21. The minimum atomic E-state index is -0.223. The van der Waals surface area contributed by atoms with E-state index in [9.17, 15) is 4.79 Å². The summed E-state index contributed by atoms with van der Waals surface area (Å²) < 4.78 is 6.05. The van der Waals surface area contributed by atoms with Crippen molar-refractivity contribution in [2.24, 2.45) is 0 Å². The Morgan fingerprint density at radius 2 is 1.91 bits per heavy atom. The molecule has 1 saturated carbocycles. The van der Waals surface area contributed by atoms with Crippen LogP contribution in [0, 0.1) is 0 Å². The highest BCUT2D eigenvalue weighted by Gasteiger charge is 2.47. The molecule has 1 atom stereocenters. The second-order valence-electron chi connectivity index (χ2n) is 6.49. The molecule has 2 amide bonds. The van der Waals surface area contributed by atoms with Crippen molar-refractivity contribution in [2.45, 2.75) is 43.9 Å². The Hall–Kier alpha value is -1.59. The summed E-state index contributed by atoms with van der Waals surface area (Å²) >= 11 is 0. The van der Waals surface area contributed by atoms with E-state index in [4.69, 9.17) is 9.57 Å². The maximum atomic E-state index is 12.6. The molecule has 1 spiro atoms. The van der Waals surface area contributed by atoms with Crippen LogP contribution in [-0.2, 0) is 9.57 Å². The van der Waals surface area contributed by atoms with Crippen LogP contribution in [0.2, 0.25) is 0 Å². The van der Waals surface area contributed by atoms with E-state index in [1.165, 1.54) is 24.3 Å². The third kappa shape index (κ3) is 2.59.